The fourth-order valence-corrected chi connectivity index (χ4v) is 3.08. The monoisotopic (exact) mass is 328 g/mol. The molecule has 0 saturated carbocycles. The number of aromatic nitrogens is 3. The van der Waals surface area contributed by atoms with Crippen molar-refractivity contribution in [1.29, 1.82) is 0 Å². The summed E-state index contributed by atoms with van der Waals surface area (Å²) in [6, 6.07) is 8.45. The Balaban J connectivity index is 1.66. The molecule has 2 heterocycles. The Morgan fingerprint density at radius 1 is 1.25 bits per heavy atom. The molecule has 3 rings (SSSR count). The van der Waals surface area contributed by atoms with Gasteiger partial charge in [0.1, 0.15) is 12.2 Å². The summed E-state index contributed by atoms with van der Waals surface area (Å²) in [5.41, 5.74) is 2.23. The number of amides is 1. The molecule has 1 saturated heterocycles. The van der Waals surface area contributed by atoms with E-state index in [0.29, 0.717) is 0 Å². The molecule has 2 aromatic rings. The lowest BCUT2D eigenvalue weighted by Crippen LogP contribution is -2.48. The molecular weight excluding hydrogens is 304 g/mol. The van der Waals surface area contributed by atoms with Gasteiger partial charge < -0.3 is 15.1 Å². The van der Waals surface area contributed by atoms with Crippen molar-refractivity contribution in [3.05, 3.63) is 36.4 Å². The second-order valence-corrected chi connectivity index (χ2v) is 6.15. The number of carbonyl (C=O) groups is 1. The fraction of sp³-hybridized carbons (Fsp3) is 0.471. The van der Waals surface area contributed by atoms with E-state index in [-0.39, 0.29) is 11.9 Å². The molecule has 24 heavy (non-hydrogen) atoms. The molecule has 1 aromatic heterocycles. The van der Waals surface area contributed by atoms with Gasteiger partial charge in [-0.15, -0.1) is 0 Å². The average molecular weight is 328 g/mol. The van der Waals surface area contributed by atoms with Crippen LogP contribution in [0.3, 0.4) is 0 Å². The van der Waals surface area contributed by atoms with Crippen LogP contribution in [0.2, 0.25) is 0 Å². The molecular formula is C17H24N6O. The lowest BCUT2D eigenvalue weighted by atomic mass is 10.2. The Bertz CT molecular complexity index is 705. The summed E-state index contributed by atoms with van der Waals surface area (Å²) in [6.07, 6.45) is 1.57. The van der Waals surface area contributed by atoms with E-state index in [4.69, 9.17) is 0 Å². The highest BCUT2D eigenvalue weighted by molar-refractivity contribution is 5.73. The van der Waals surface area contributed by atoms with Crippen molar-refractivity contribution in [1.82, 2.24) is 19.7 Å². The first-order valence-electron chi connectivity index (χ1n) is 8.25. The Kier molecular flexibility index (Phi) is 4.69. The molecule has 0 spiro atoms. The van der Waals surface area contributed by atoms with Crippen molar-refractivity contribution in [3.8, 4) is 0 Å². The second-order valence-electron chi connectivity index (χ2n) is 6.15. The van der Waals surface area contributed by atoms with Gasteiger partial charge in [-0.2, -0.15) is 5.10 Å². The fourth-order valence-electron chi connectivity index (χ4n) is 3.08. The number of carbonyl (C=O) groups excluding carboxylic acids is 1. The summed E-state index contributed by atoms with van der Waals surface area (Å²) in [5.74, 6) is 1.05. The van der Waals surface area contributed by atoms with Crippen molar-refractivity contribution in [2.24, 2.45) is 7.05 Å². The van der Waals surface area contributed by atoms with E-state index in [1.807, 2.05) is 11.9 Å². The first-order chi connectivity index (χ1) is 11.5. The lowest BCUT2D eigenvalue weighted by molar-refractivity contribution is -0.129. The van der Waals surface area contributed by atoms with Crippen molar-refractivity contribution in [3.63, 3.8) is 0 Å². The molecule has 1 unspecified atom stereocenters. The number of nitrogens with zero attached hydrogens (tertiary/aromatic N) is 5. The number of hydrogen-bond donors (Lipinski definition) is 1. The Morgan fingerprint density at radius 3 is 2.62 bits per heavy atom. The van der Waals surface area contributed by atoms with E-state index in [1.54, 1.807) is 17.9 Å². The summed E-state index contributed by atoms with van der Waals surface area (Å²) in [5, 5.41) is 7.59. The maximum Gasteiger partial charge on any atom is 0.219 e. The zero-order chi connectivity index (χ0) is 17.1. The third kappa shape index (κ3) is 3.50. The molecule has 0 aliphatic carbocycles. The van der Waals surface area contributed by atoms with Crippen molar-refractivity contribution >= 4 is 17.3 Å². The minimum atomic E-state index is 0.0716. The lowest BCUT2D eigenvalue weighted by Gasteiger charge is -2.35. The number of rotatable bonds is 4. The van der Waals surface area contributed by atoms with Gasteiger partial charge in [0.2, 0.25) is 5.91 Å². The number of piperazine rings is 1. The molecule has 1 atom stereocenters. The minimum Gasteiger partial charge on any atom is -0.375 e. The van der Waals surface area contributed by atoms with Crippen molar-refractivity contribution < 1.29 is 4.79 Å². The Labute approximate surface area is 142 Å². The highest BCUT2D eigenvalue weighted by Crippen LogP contribution is 2.23. The molecule has 0 radical (unpaired) electrons. The smallest absolute Gasteiger partial charge is 0.219 e. The molecule has 0 bridgehead atoms. The molecule has 1 fully saturated rings. The summed E-state index contributed by atoms with van der Waals surface area (Å²) < 4.78 is 1.78. The topological polar surface area (TPSA) is 66.3 Å². The number of benzene rings is 1. The van der Waals surface area contributed by atoms with Gasteiger partial charge in [0.15, 0.2) is 0 Å². The molecule has 128 valence electrons. The van der Waals surface area contributed by atoms with E-state index in [2.05, 4.69) is 51.5 Å². The van der Waals surface area contributed by atoms with Gasteiger partial charge in [-0.05, 0) is 25.1 Å². The Hall–Kier alpha value is -2.57. The zero-order valence-electron chi connectivity index (χ0n) is 14.4. The number of hydrogen-bond acceptors (Lipinski definition) is 5. The summed E-state index contributed by atoms with van der Waals surface area (Å²) in [4.78, 5) is 19.9. The van der Waals surface area contributed by atoms with E-state index < -0.39 is 0 Å². The predicted molar refractivity (Wildman–Crippen MR) is 93.9 cm³/mol. The molecule has 1 aromatic carbocycles. The average Bonchev–Trinajstić information content (AvgIpc) is 3.01. The summed E-state index contributed by atoms with van der Waals surface area (Å²) >= 11 is 0. The van der Waals surface area contributed by atoms with Gasteiger partial charge in [0, 0.05) is 51.5 Å². The Morgan fingerprint density at radius 2 is 2.00 bits per heavy atom. The molecule has 7 nitrogen and oxygen atoms in total. The van der Waals surface area contributed by atoms with Crippen LogP contribution in [-0.4, -0.2) is 51.8 Å². The first kappa shape index (κ1) is 16.3. The van der Waals surface area contributed by atoms with Crippen LogP contribution in [-0.2, 0) is 11.8 Å². The van der Waals surface area contributed by atoms with Gasteiger partial charge in [-0.25, -0.2) is 4.98 Å². The molecule has 1 amide bonds. The van der Waals surface area contributed by atoms with Crippen LogP contribution in [0.4, 0.5) is 11.4 Å². The van der Waals surface area contributed by atoms with Gasteiger partial charge in [0.25, 0.3) is 0 Å². The summed E-state index contributed by atoms with van der Waals surface area (Å²) in [7, 11) is 1.89. The third-order valence-corrected chi connectivity index (χ3v) is 4.45. The zero-order valence-corrected chi connectivity index (χ0v) is 14.4. The van der Waals surface area contributed by atoms with Gasteiger partial charge >= 0.3 is 0 Å². The summed E-state index contributed by atoms with van der Waals surface area (Å²) in [6.45, 7) is 6.99. The van der Waals surface area contributed by atoms with Crippen LogP contribution in [0, 0.1) is 0 Å². The highest BCUT2D eigenvalue weighted by Gasteiger charge is 2.19. The largest absolute Gasteiger partial charge is 0.375 e. The van der Waals surface area contributed by atoms with E-state index in [0.717, 1.165) is 37.7 Å². The quantitative estimate of drug-likeness (QED) is 0.924. The van der Waals surface area contributed by atoms with E-state index in [1.165, 1.54) is 5.69 Å². The van der Waals surface area contributed by atoms with Crippen LogP contribution in [0.1, 0.15) is 25.7 Å². The van der Waals surface area contributed by atoms with Crippen molar-refractivity contribution in [2.45, 2.75) is 19.9 Å². The van der Waals surface area contributed by atoms with Crippen LogP contribution in [0.5, 0.6) is 0 Å². The van der Waals surface area contributed by atoms with Gasteiger partial charge in [-0.1, -0.05) is 6.07 Å². The molecule has 1 aliphatic heterocycles. The van der Waals surface area contributed by atoms with Gasteiger partial charge in [-0.3, -0.25) is 9.48 Å². The first-order valence-corrected chi connectivity index (χ1v) is 8.25. The van der Waals surface area contributed by atoms with Crippen molar-refractivity contribution in [2.75, 3.05) is 36.4 Å². The minimum absolute atomic E-state index is 0.0716. The third-order valence-electron chi connectivity index (χ3n) is 4.45. The number of nitrogens with one attached hydrogen (secondary N) is 1. The van der Waals surface area contributed by atoms with Crippen LogP contribution in [0.25, 0.3) is 0 Å². The predicted octanol–water partition coefficient (Wildman–Crippen LogP) is 1.66. The van der Waals surface area contributed by atoms with Crippen LogP contribution >= 0.6 is 0 Å². The highest BCUT2D eigenvalue weighted by atomic mass is 16.2. The second kappa shape index (κ2) is 6.90. The molecule has 7 heteroatoms. The van der Waals surface area contributed by atoms with Crippen LogP contribution < -0.4 is 10.2 Å². The normalized spacial score (nSPS) is 16.1. The SMILES string of the molecule is CC(=O)N1CCN(c2cccc(NC(C)c3ncnn3C)c2)CC1. The van der Waals surface area contributed by atoms with Gasteiger partial charge in [0.05, 0.1) is 6.04 Å². The number of anilines is 2. The molecule has 1 aliphatic rings. The van der Waals surface area contributed by atoms with E-state index in [9.17, 15) is 4.79 Å². The maximum absolute atomic E-state index is 11.4. The molecule has 1 N–H and O–H groups in total. The maximum atomic E-state index is 11.4. The van der Waals surface area contributed by atoms with Crippen LogP contribution in [0.15, 0.2) is 30.6 Å². The van der Waals surface area contributed by atoms with E-state index >= 15 is 0 Å². The number of aryl methyl sites for hydroxylation is 1. The standard InChI is InChI=1S/C17H24N6O/c1-13(17-18-12-19-21(17)3)20-15-5-4-6-16(11-15)23-9-7-22(8-10-23)14(2)24/h4-6,11-13,20H,7-10H2,1-3H3.